The summed E-state index contributed by atoms with van der Waals surface area (Å²) >= 11 is 0. The van der Waals surface area contributed by atoms with Gasteiger partial charge in [-0.3, -0.25) is 0 Å². The number of aliphatic hydroxyl groups excluding tert-OH is 1. The second-order valence-electron chi connectivity index (χ2n) is 4.63. The molecule has 0 aromatic heterocycles. The van der Waals surface area contributed by atoms with Crippen LogP contribution in [0.4, 0.5) is 5.69 Å². The van der Waals surface area contributed by atoms with Crippen LogP contribution in [-0.2, 0) is 0 Å². The highest BCUT2D eigenvalue weighted by Crippen LogP contribution is 2.18. The molecular formula is C15H23N3O. The summed E-state index contributed by atoms with van der Waals surface area (Å²) in [7, 11) is 0. The van der Waals surface area contributed by atoms with Crippen LogP contribution in [0.1, 0.15) is 25.0 Å². The molecule has 0 saturated carbocycles. The molecule has 0 aliphatic carbocycles. The molecule has 1 rings (SSSR count). The molecule has 4 heteroatoms. The van der Waals surface area contributed by atoms with Crippen LogP contribution in [0.25, 0.3) is 0 Å². The first-order valence-corrected chi connectivity index (χ1v) is 6.76. The number of nitriles is 1. The van der Waals surface area contributed by atoms with Crippen molar-refractivity contribution in [1.82, 2.24) is 4.90 Å². The Morgan fingerprint density at radius 2 is 2.05 bits per heavy atom. The highest BCUT2D eigenvalue weighted by Gasteiger charge is 2.10. The van der Waals surface area contributed by atoms with Crippen LogP contribution in [0, 0.1) is 18.3 Å². The van der Waals surface area contributed by atoms with E-state index in [0.29, 0.717) is 18.7 Å². The zero-order valence-corrected chi connectivity index (χ0v) is 12.0. The van der Waals surface area contributed by atoms with Crippen molar-refractivity contribution in [2.75, 3.05) is 31.5 Å². The Balaban J connectivity index is 2.58. The zero-order valence-electron chi connectivity index (χ0n) is 12.0. The summed E-state index contributed by atoms with van der Waals surface area (Å²) in [4.78, 5) is 2.17. The summed E-state index contributed by atoms with van der Waals surface area (Å²) in [6.45, 7) is 9.04. The maximum absolute atomic E-state index is 9.99. The first kappa shape index (κ1) is 15.5. The molecular weight excluding hydrogens is 238 g/mol. The molecule has 1 aromatic rings. The molecule has 0 aliphatic heterocycles. The van der Waals surface area contributed by atoms with Crippen molar-refractivity contribution in [3.05, 3.63) is 29.3 Å². The van der Waals surface area contributed by atoms with Crippen molar-refractivity contribution in [3.8, 4) is 6.07 Å². The van der Waals surface area contributed by atoms with Crippen LogP contribution < -0.4 is 5.32 Å². The molecule has 1 aromatic carbocycles. The SMILES string of the molecule is CCN(CC)CC(O)CNc1cccc(C)c1C#N. The Morgan fingerprint density at radius 1 is 1.37 bits per heavy atom. The lowest BCUT2D eigenvalue weighted by Crippen LogP contribution is -2.36. The fourth-order valence-corrected chi connectivity index (χ4v) is 2.04. The van der Waals surface area contributed by atoms with Gasteiger partial charge in [-0.2, -0.15) is 5.26 Å². The van der Waals surface area contributed by atoms with E-state index in [-0.39, 0.29) is 0 Å². The van der Waals surface area contributed by atoms with Crippen LogP contribution in [0.2, 0.25) is 0 Å². The number of anilines is 1. The Kier molecular flexibility index (Phi) is 6.34. The minimum Gasteiger partial charge on any atom is -0.390 e. The Labute approximate surface area is 115 Å². The smallest absolute Gasteiger partial charge is 0.102 e. The molecule has 0 amide bonds. The molecule has 19 heavy (non-hydrogen) atoms. The molecule has 0 aliphatic rings. The monoisotopic (exact) mass is 261 g/mol. The van der Waals surface area contributed by atoms with Gasteiger partial charge in [0.05, 0.1) is 17.4 Å². The Bertz CT molecular complexity index is 436. The predicted octanol–water partition coefficient (Wildman–Crippen LogP) is 1.98. The number of nitrogens with zero attached hydrogens (tertiary/aromatic N) is 2. The van der Waals surface area contributed by atoms with Crippen molar-refractivity contribution in [3.63, 3.8) is 0 Å². The fraction of sp³-hybridized carbons (Fsp3) is 0.533. The fourth-order valence-electron chi connectivity index (χ4n) is 2.04. The normalized spacial score (nSPS) is 12.2. The largest absolute Gasteiger partial charge is 0.390 e. The van der Waals surface area contributed by atoms with Crippen molar-refractivity contribution < 1.29 is 5.11 Å². The molecule has 0 fully saturated rings. The Hall–Kier alpha value is -1.57. The van der Waals surface area contributed by atoms with E-state index in [2.05, 4.69) is 30.1 Å². The van der Waals surface area contributed by atoms with Gasteiger partial charge in [0.2, 0.25) is 0 Å². The molecule has 4 nitrogen and oxygen atoms in total. The summed E-state index contributed by atoms with van der Waals surface area (Å²) in [5.74, 6) is 0. The van der Waals surface area contributed by atoms with Crippen LogP contribution in [0.5, 0.6) is 0 Å². The van der Waals surface area contributed by atoms with Crippen molar-refractivity contribution in [2.45, 2.75) is 26.9 Å². The zero-order chi connectivity index (χ0) is 14.3. The number of likely N-dealkylation sites (N-methyl/N-ethyl adjacent to an activating group) is 1. The van der Waals surface area contributed by atoms with Gasteiger partial charge in [-0.25, -0.2) is 0 Å². The summed E-state index contributed by atoms with van der Waals surface area (Å²) in [5.41, 5.74) is 2.39. The highest BCUT2D eigenvalue weighted by atomic mass is 16.3. The number of nitrogens with one attached hydrogen (secondary N) is 1. The molecule has 1 unspecified atom stereocenters. The average Bonchev–Trinajstić information content (AvgIpc) is 2.42. The topological polar surface area (TPSA) is 59.3 Å². The van der Waals surface area contributed by atoms with Gasteiger partial charge in [0.25, 0.3) is 0 Å². The molecule has 0 heterocycles. The lowest BCUT2D eigenvalue weighted by molar-refractivity contribution is 0.128. The first-order valence-electron chi connectivity index (χ1n) is 6.76. The molecule has 104 valence electrons. The maximum atomic E-state index is 9.99. The maximum Gasteiger partial charge on any atom is 0.102 e. The van der Waals surface area contributed by atoms with E-state index in [9.17, 15) is 5.11 Å². The third kappa shape index (κ3) is 4.55. The van der Waals surface area contributed by atoms with E-state index >= 15 is 0 Å². The van der Waals surface area contributed by atoms with Crippen molar-refractivity contribution in [2.24, 2.45) is 0 Å². The van der Waals surface area contributed by atoms with E-state index in [1.165, 1.54) is 0 Å². The third-order valence-corrected chi connectivity index (χ3v) is 3.28. The highest BCUT2D eigenvalue weighted by molar-refractivity contribution is 5.60. The van der Waals surface area contributed by atoms with Crippen molar-refractivity contribution >= 4 is 5.69 Å². The van der Waals surface area contributed by atoms with Gasteiger partial charge < -0.3 is 15.3 Å². The van der Waals surface area contributed by atoms with Crippen LogP contribution >= 0.6 is 0 Å². The average molecular weight is 261 g/mol. The van der Waals surface area contributed by atoms with Crippen molar-refractivity contribution in [1.29, 1.82) is 5.26 Å². The van der Waals surface area contributed by atoms with Gasteiger partial charge in [0, 0.05) is 13.1 Å². The van der Waals surface area contributed by atoms with E-state index in [4.69, 9.17) is 5.26 Å². The first-order chi connectivity index (χ1) is 9.12. The third-order valence-electron chi connectivity index (χ3n) is 3.28. The summed E-state index contributed by atoms with van der Waals surface area (Å²) < 4.78 is 0. The van der Waals surface area contributed by atoms with E-state index in [1.807, 2.05) is 25.1 Å². The number of aryl methyl sites for hydroxylation is 1. The van der Waals surface area contributed by atoms with Crippen LogP contribution in [0.3, 0.4) is 0 Å². The standard InChI is InChI=1S/C15H23N3O/c1-4-18(5-2)11-13(19)10-17-15-8-6-7-12(3)14(15)9-16/h6-8,13,17,19H,4-5,10-11H2,1-3H3. The molecule has 0 radical (unpaired) electrons. The van der Waals surface area contributed by atoms with Gasteiger partial charge in [0.15, 0.2) is 0 Å². The second-order valence-corrected chi connectivity index (χ2v) is 4.63. The number of rotatable bonds is 7. The van der Waals surface area contributed by atoms with E-state index in [1.54, 1.807) is 0 Å². The predicted molar refractivity (Wildman–Crippen MR) is 78.2 cm³/mol. The van der Waals surface area contributed by atoms with Crippen LogP contribution in [-0.4, -0.2) is 42.3 Å². The molecule has 0 saturated heterocycles. The summed E-state index contributed by atoms with van der Waals surface area (Å²) in [6, 6.07) is 7.89. The van der Waals surface area contributed by atoms with Gasteiger partial charge >= 0.3 is 0 Å². The van der Waals surface area contributed by atoms with E-state index < -0.39 is 6.10 Å². The Morgan fingerprint density at radius 3 is 2.63 bits per heavy atom. The number of hydrogen-bond acceptors (Lipinski definition) is 4. The lowest BCUT2D eigenvalue weighted by Gasteiger charge is -2.22. The molecule has 1 atom stereocenters. The number of aliphatic hydroxyl groups is 1. The van der Waals surface area contributed by atoms with E-state index in [0.717, 1.165) is 24.3 Å². The van der Waals surface area contributed by atoms with Gasteiger partial charge in [-0.1, -0.05) is 26.0 Å². The molecule has 2 N–H and O–H groups in total. The summed E-state index contributed by atoms with van der Waals surface area (Å²) in [5, 5.41) is 22.3. The quantitative estimate of drug-likeness (QED) is 0.788. The minimum absolute atomic E-state index is 0.438. The summed E-state index contributed by atoms with van der Waals surface area (Å²) in [6.07, 6.45) is -0.438. The second kappa shape index (κ2) is 7.78. The van der Waals surface area contributed by atoms with Gasteiger partial charge in [-0.05, 0) is 31.6 Å². The van der Waals surface area contributed by atoms with Crippen LogP contribution in [0.15, 0.2) is 18.2 Å². The lowest BCUT2D eigenvalue weighted by atomic mass is 10.1. The number of hydrogen-bond donors (Lipinski definition) is 2. The minimum atomic E-state index is -0.438. The van der Waals surface area contributed by atoms with Gasteiger partial charge in [-0.15, -0.1) is 0 Å². The number of benzene rings is 1. The van der Waals surface area contributed by atoms with Gasteiger partial charge in [0.1, 0.15) is 6.07 Å². The molecule has 0 bridgehead atoms. The molecule has 0 spiro atoms.